The lowest BCUT2D eigenvalue weighted by Crippen LogP contribution is -2.59. The van der Waals surface area contributed by atoms with E-state index in [0.29, 0.717) is 23.6 Å². The summed E-state index contributed by atoms with van der Waals surface area (Å²) in [5.41, 5.74) is 3.66. The lowest BCUT2D eigenvalue weighted by molar-refractivity contribution is -0.385. The summed E-state index contributed by atoms with van der Waals surface area (Å²) in [4.78, 5) is 13.3. The summed E-state index contributed by atoms with van der Waals surface area (Å²) in [7, 11) is 3.16. The zero-order chi connectivity index (χ0) is 25.0. The number of methoxy groups -OCH3 is 2. The molecule has 0 saturated carbocycles. The van der Waals surface area contributed by atoms with Gasteiger partial charge in [0.15, 0.2) is 11.5 Å². The Labute approximate surface area is 204 Å². The van der Waals surface area contributed by atoms with Crippen molar-refractivity contribution < 1.29 is 19.1 Å². The largest absolute Gasteiger partial charge is 0.497 e. The molecule has 0 amide bonds. The van der Waals surface area contributed by atoms with Crippen molar-refractivity contribution in [3.05, 3.63) is 93.0 Å². The van der Waals surface area contributed by atoms with Gasteiger partial charge in [-0.1, -0.05) is 29.8 Å². The molecule has 2 heterocycles. The Morgan fingerprint density at radius 3 is 2.43 bits per heavy atom. The molecule has 7 heteroatoms. The number of non-ortho nitro benzene ring substituents is 1. The third-order valence-electron chi connectivity index (χ3n) is 7.17. The molecule has 0 bridgehead atoms. The first-order valence-electron chi connectivity index (χ1n) is 11.5. The number of hydrogen-bond acceptors (Lipinski definition) is 6. The van der Waals surface area contributed by atoms with Crippen LogP contribution in [-0.4, -0.2) is 24.9 Å². The highest BCUT2D eigenvalue weighted by Crippen LogP contribution is 2.57. The highest BCUT2D eigenvalue weighted by atomic mass is 16.6. The fourth-order valence-corrected chi connectivity index (χ4v) is 5.14. The van der Waals surface area contributed by atoms with E-state index in [1.165, 1.54) is 24.8 Å². The summed E-state index contributed by atoms with van der Waals surface area (Å²) in [5.74, 6) is 1.59. The van der Waals surface area contributed by atoms with E-state index in [1.54, 1.807) is 7.11 Å². The maximum atomic E-state index is 11.5. The first-order valence-corrected chi connectivity index (χ1v) is 11.5. The van der Waals surface area contributed by atoms with Gasteiger partial charge in [0, 0.05) is 23.9 Å². The van der Waals surface area contributed by atoms with Crippen LogP contribution >= 0.6 is 0 Å². The van der Waals surface area contributed by atoms with Crippen LogP contribution in [0, 0.1) is 17.0 Å². The van der Waals surface area contributed by atoms with Crippen LogP contribution in [0.25, 0.3) is 6.08 Å². The number of hydrogen-bond donors (Lipinski definition) is 0. The highest BCUT2D eigenvalue weighted by molar-refractivity contribution is 5.75. The van der Waals surface area contributed by atoms with E-state index < -0.39 is 16.1 Å². The Morgan fingerprint density at radius 2 is 1.77 bits per heavy atom. The first kappa shape index (κ1) is 22.8. The van der Waals surface area contributed by atoms with Crippen molar-refractivity contribution in [3.63, 3.8) is 0 Å². The van der Waals surface area contributed by atoms with E-state index in [-0.39, 0.29) is 5.69 Å². The topological polar surface area (TPSA) is 74.1 Å². The van der Waals surface area contributed by atoms with Crippen molar-refractivity contribution in [2.75, 3.05) is 19.1 Å². The van der Waals surface area contributed by atoms with Gasteiger partial charge in [0.2, 0.25) is 5.72 Å². The maximum absolute atomic E-state index is 11.5. The van der Waals surface area contributed by atoms with Crippen molar-refractivity contribution >= 4 is 17.5 Å². The Balaban J connectivity index is 1.69. The van der Waals surface area contributed by atoms with Crippen LogP contribution in [0.4, 0.5) is 11.4 Å². The number of benzene rings is 3. The minimum Gasteiger partial charge on any atom is -0.497 e. The summed E-state index contributed by atoms with van der Waals surface area (Å²) in [5, 5.41) is 11.5. The molecule has 35 heavy (non-hydrogen) atoms. The van der Waals surface area contributed by atoms with E-state index in [2.05, 4.69) is 62.1 Å². The fraction of sp³-hybridized carbons (Fsp3) is 0.286. The fourth-order valence-electron chi connectivity index (χ4n) is 5.14. The van der Waals surface area contributed by atoms with Crippen LogP contribution in [0.15, 0.2) is 60.7 Å². The average Bonchev–Trinajstić information content (AvgIpc) is 3.02. The summed E-state index contributed by atoms with van der Waals surface area (Å²) in [6.07, 6.45) is 3.92. The molecule has 0 saturated heterocycles. The van der Waals surface area contributed by atoms with Crippen LogP contribution in [0.1, 0.15) is 36.1 Å². The van der Waals surface area contributed by atoms with Gasteiger partial charge in [0.25, 0.3) is 5.69 Å². The second kappa shape index (κ2) is 8.05. The van der Waals surface area contributed by atoms with E-state index in [4.69, 9.17) is 14.2 Å². The molecule has 3 aromatic rings. The molecule has 0 radical (unpaired) electrons. The van der Waals surface area contributed by atoms with E-state index in [1.807, 2.05) is 18.2 Å². The number of nitro groups is 1. The van der Waals surface area contributed by atoms with Gasteiger partial charge >= 0.3 is 0 Å². The van der Waals surface area contributed by atoms with Crippen molar-refractivity contribution in [1.29, 1.82) is 0 Å². The minimum absolute atomic E-state index is 0.0417. The molecule has 3 aromatic carbocycles. The molecule has 2 aliphatic rings. The van der Waals surface area contributed by atoms with Gasteiger partial charge < -0.3 is 19.1 Å². The minimum atomic E-state index is -0.900. The van der Waals surface area contributed by atoms with Crippen LogP contribution in [0.5, 0.6) is 17.2 Å². The number of nitro benzene ring substituents is 1. The third kappa shape index (κ3) is 3.41. The van der Waals surface area contributed by atoms with Gasteiger partial charge in [-0.15, -0.1) is 0 Å². The molecule has 2 aliphatic heterocycles. The molecule has 5 rings (SSSR count). The molecule has 1 spiro atoms. The predicted octanol–water partition coefficient (Wildman–Crippen LogP) is 6.02. The van der Waals surface area contributed by atoms with Gasteiger partial charge in [0.05, 0.1) is 30.6 Å². The number of rotatable bonds is 5. The third-order valence-corrected chi connectivity index (χ3v) is 7.17. The zero-order valence-corrected chi connectivity index (χ0v) is 20.5. The van der Waals surface area contributed by atoms with Crippen molar-refractivity contribution in [3.8, 4) is 17.2 Å². The van der Waals surface area contributed by atoms with Crippen molar-refractivity contribution in [1.82, 2.24) is 0 Å². The molecule has 0 N–H and O–H groups in total. The van der Waals surface area contributed by atoms with Gasteiger partial charge in [-0.3, -0.25) is 10.1 Å². The lowest BCUT2D eigenvalue weighted by atomic mass is 9.76. The smallest absolute Gasteiger partial charge is 0.274 e. The van der Waals surface area contributed by atoms with Crippen LogP contribution in [0.2, 0.25) is 0 Å². The molecular weight excluding hydrogens is 444 g/mol. The quantitative estimate of drug-likeness (QED) is 0.334. The molecule has 180 valence electrons. The van der Waals surface area contributed by atoms with E-state index >= 15 is 0 Å². The van der Waals surface area contributed by atoms with Crippen LogP contribution in [0.3, 0.4) is 0 Å². The Bertz CT molecular complexity index is 1350. The van der Waals surface area contributed by atoms with Gasteiger partial charge in [-0.2, -0.15) is 0 Å². The average molecular weight is 473 g/mol. The summed E-state index contributed by atoms with van der Waals surface area (Å²) < 4.78 is 18.0. The summed E-state index contributed by atoms with van der Waals surface area (Å²) >= 11 is 0. The SMILES string of the molecule is COc1ccc2c(c1)C(C)(C)C1(C=Cc3cc([N+](=O)[O-])cc(OC)c3O1)N2Cc1ccc(C)cc1. The zero-order valence-electron chi connectivity index (χ0n) is 20.5. The monoisotopic (exact) mass is 472 g/mol. The molecular formula is C28H28N2O5. The predicted molar refractivity (Wildman–Crippen MR) is 135 cm³/mol. The molecule has 7 nitrogen and oxygen atoms in total. The van der Waals surface area contributed by atoms with E-state index in [9.17, 15) is 10.1 Å². The number of fused-ring (bicyclic) bond motifs is 2. The molecule has 0 fully saturated rings. The van der Waals surface area contributed by atoms with Crippen LogP contribution < -0.4 is 19.1 Å². The summed E-state index contributed by atoms with van der Waals surface area (Å²) in [6, 6.07) is 17.5. The molecule has 1 atom stereocenters. The van der Waals surface area contributed by atoms with Gasteiger partial charge in [-0.25, -0.2) is 0 Å². The van der Waals surface area contributed by atoms with Gasteiger partial charge in [0.1, 0.15) is 5.75 Å². The second-order valence-corrected chi connectivity index (χ2v) is 9.54. The number of aryl methyl sites for hydroxylation is 1. The lowest BCUT2D eigenvalue weighted by Gasteiger charge is -2.47. The van der Waals surface area contributed by atoms with Crippen molar-refractivity contribution in [2.45, 2.75) is 38.5 Å². The number of ether oxygens (including phenoxy) is 3. The Kier molecular flexibility index (Phi) is 5.24. The Hall–Kier alpha value is -4.00. The highest BCUT2D eigenvalue weighted by Gasteiger charge is 2.59. The molecule has 0 aliphatic carbocycles. The van der Waals surface area contributed by atoms with Crippen molar-refractivity contribution in [2.24, 2.45) is 0 Å². The maximum Gasteiger partial charge on any atom is 0.274 e. The van der Waals surface area contributed by atoms with Crippen LogP contribution in [-0.2, 0) is 12.0 Å². The number of anilines is 1. The standard InChI is InChI=1S/C28H28N2O5/c1-18-6-8-19(9-7-18)17-29-24-11-10-22(33-4)16-23(24)27(2,3)28(29)13-12-20-14-21(30(31)32)15-25(34-5)26(20)35-28/h6-16H,17H2,1-5H3. The van der Waals surface area contributed by atoms with Gasteiger partial charge in [-0.05, 0) is 62.2 Å². The summed E-state index contributed by atoms with van der Waals surface area (Å²) in [6.45, 7) is 6.97. The molecule has 0 aromatic heterocycles. The second-order valence-electron chi connectivity index (χ2n) is 9.54. The molecule has 1 unspecified atom stereocenters. The Morgan fingerprint density at radius 1 is 1.03 bits per heavy atom. The first-order chi connectivity index (χ1) is 16.7. The normalized spacial score (nSPS) is 19.2. The van der Waals surface area contributed by atoms with E-state index in [0.717, 1.165) is 22.6 Å². The number of nitrogens with zero attached hydrogens (tertiary/aromatic N) is 2.